The zero-order chi connectivity index (χ0) is 22.8. The number of aliphatic imine (C=N–C) groups is 1. The minimum absolute atomic E-state index is 0.0444. The van der Waals surface area contributed by atoms with E-state index in [1.165, 1.54) is 44.1 Å². The third-order valence-electron chi connectivity index (χ3n) is 5.23. The molecule has 2 heterocycles. The molecule has 0 spiro atoms. The Balaban J connectivity index is 1.47. The van der Waals surface area contributed by atoms with E-state index < -0.39 is 12.8 Å². The van der Waals surface area contributed by atoms with Crippen molar-refractivity contribution in [3.8, 4) is 5.88 Å². The number of alkyl halides is 3. The molecule has 0 amide bonds. The first kappa shape index (κ1) is 23.8. The van der Waals surface area contributed by atoms with Gasteiger partial charge in [0.05, 0.1) is 0 Å². The number of aromatic nitrogens is 1. The smallest absolute Gasteiger partial charge is 0.422 e. The number of piperidine rings is 1. The molecule has 1 aliphatic heterocycles. The molecule has 1 saturated heterocycles. The predicted octanol–water partition coefficient (Wildman–Crippen LogP) is 3.87. The Labute approximate surface area is 186 Å². The fourth-order valence-electron chi connectivity index (χ4n) is 3.56. The van der Waals surface area contributed by atoms with Crippen LogP contribution in [0.1, 0.15) is 36.0 Å². The second-order valence-corrected chi connectivity index (χ2v) is 7.80. The number of pyridine rings is 1. The van der Waals surface area contributed by atoms with Gasteiger partial charge in [-0.2, -0.15) is 13.2 Å². The molecule has 0 unspecified atom stereocenters. The average Bonchev–Trinajstić information content (AvgIpc) is 2.79. The highest BCUT2D eigenvalue weighted by Crippen LogP contribution is 2.20. The normalized spacial score (nSPS) is 15.4. The van der Waals surface area contributed by atoms with Crippen LogP contribution in [-0.2, 0) is 19.6 Å². The van der Waals surface area contributed by atoms with Crippen molar-refractivity contribution in [2.45, 2.75) is 45.1 Å². The number of ether oxygens (including phenoxy) is 1. The van der Waals surface area contributed by atoms with E-state index in [1.807, 2.05) is 0 Å². The summed E-state index contributed by atoms with van der Waals surface area (Å²) in [6, 6.07) is 11.8. The maximum atomic E-state index is 12.4. The Hall–Kier alpha value is -2.81. The molecular weight excluding hydrogens is 419 g/mol. The minimum Gasteiger partial charge on any atom is -0.468 e. The van der Waals surface area contributed by atoms with Gasteiger partial charge in [-0.05, 0) is 43.1 Å². The molecule has 1 aromatic carbocycles. The highest BCUT2D eigenvalue weighted by molar-refractivity contribution is 5.79. The molecule has 0 bridgehead atoms. The average molecular weight is 450 g/mol. The van der Waals surface area contributed by atoms with Crippen molar-refractivity contribution in [2.24, 2.45) is 4.99 Å². The number of hydrogen-bond acceptors (Lipinski definition) is 4. The van der Waals surface area contributed by atoms with E-state index in [0.717, 1.165) is 12.1 Å². The van der Waals surface area contributed by atoms with E-state index in [4.69, 9.17) is 4.74 Å². The molecule has 2 aromatic rings. The van der Waals surface area contributed by atoms with E-state index >= 15 is 0 Å². The second kappa shape index (κ2) is 11.7. The molecule has 9 heteroatoms. The van der Waals surface area contributed by atoms with Crippen LogP contribution >= 0.6 is 0 Å². The number of guanidine groups is 1. The predicted molar refractivity (Wildman–Crippen MR) is 118 cm³/mol. The Kier molecular flexibility index (Phi) is 8.72. The van der Waals surface area contributed by atoms with Gasteiger partial charge in [-0.25, -0.2) is 4.98 Å². The van der Waals surface area contributed by atoms with Gasteiger partial charge >= 0.3 is 6.18 Å². The van der Waals surface area contributed by atoms with Gasteiger partial charge in [0.1, 0.15) is 0 Å². The first-order valence-electron chi connectivity index (χ1n) is 10.8. The van der Waals surface area contributed by atoms with Crippen LogP contribution in [0.4, 0.5) is 13.2 Å². The third kappa shape index (κ3) is 8.03. The molecule has 1 aliphatic rings. The molecule has 1 fully saturated rings. The zero-order valence-corrected chi connectivity index (χ0v) is 18.3. The van der Waals surface area contributed by atoms with Gasteiger partial charge in [0.2, 0.25) is 5.88 Å². The lowest BCUT2D eigenvalue weighted by Gasteiger charge is -2.26. The van der Waals surface area contributed by atoms with Crippen molar-refractivity contribution in [2.75, 3.05) is 26.7 Å². The number of benzene rings is 1. The molecule has 32 heavy (non-hydrogen) atoms. The molecule has 0 atom stereocenters. The zero-order valence-electron chi connectivity index (χ0n) is 18.3. The van der Waals surface area contributed by atoms with Crippen molar-refractivity contribution in [3.63, 3.8) is 0 Å². The van der Waals surface area contributed by atoms with Crippen LogP contribution in [0.3, 0.4) is 0 Å². The molecule has 2 N–H and O–H groups in total. The van der Waals surface area contributed by atoms with Crippen molar-refractivity contribution in [1.29, 1.82) is 0 Å². The van der Waals surface area contributed by atoms with Crippen LogP contribution in [0.15, 0.2) is 47.6 Å². The standard InChI is InChI=1S/C23H30F3N5O/c1-27-22(30-15-20-6-5-11-28-21(20)32-17-23(24,25)26)29-14-18-7-9-19(10-8-18)16-31-12-3-2-4-13-31/h5-11H,2-4,12-17H2,1H3,(H2,27,29,30). The number of halogens is 3. The molecule has 6 nitrogen and oxygen atoms in total. The topological polar surface area (TPSA) is 61.8 Å². The van der Waals surface area contributed by atoms with E-state index in [9.17, 15) is 13.2 Å². The molecule has 0 saturated carbocycles. The lowest BCUT2D eigenvalue weighted by Crippen LogP contribution is -2.36. The van der Waals surface area contributed by atoms with Crippen molar-refractivity contribution in [1.82, 2.24) is 20.5 Å². The van der Waals surface area contributed by atoms with Crippen molar-refractivity contribution in [3.05, 3.63) is 59.3 Å². The van der Waals surface area contributed by atoms with Crippen LogP contribution in [0.2, 0.25) is 0 Å². The summed E-state index contributed by atoms with van der Waals surface area (Å²) in [7, 11) is 1.64. The monoisotopic (exact) mass is 449 g/mol. The Morgan fingerprint density at radius 1 is 1.03 bits per heavy atom. The summed E-state index contributed by atoms with van der Waals surface area (Å²) in [6.07, 6.45) is 0.881. The summed E-state index contributed by atoms with van der Waals surface area (Å²) in [5, 5.41) is 6.31. The number of likely N-dealkylation sites (tertiary alicyclic amines) is 1. The summed E-state index contributed by atoms with van der Waals surface area (Å²) >= 11 is 0. The summed E-state index contributed by atoms with van der Waals surface area (Å²) in [4.78, 5) is 10.6. The van der Waals surface area contributed by atoms with Crippen LogP contribution in [0.25, 0.3) is 0 Å². The Bertz CT molecular complexity index is 865. The van der Waals surface area contributed by atoms with Crippen molar-refractivity contribution < 1.29 is 17.9 Å². The quantitative estimate of drug-likeness (QED) is 0.473. The minimum atomic E-state index is -4.41. The van der Waals surface area contributed by atoms with Crippen LogP contribution in [-0.4, -0.2) is 48.8 Å². The van der Waals surface area contributed by atoms with E-state index in [0.29, 0.717) is 18.1 Å². The summed E-state index contributed by atoms with van der Waals surface area (Å²) in [5.41, 5.74) is 2.94. The van der Waals surface area contributed by atoms with Crippen LogP contribution in [0, 0.1) is 0 Å². The van der Waals surface area contributed by atoms with Gasteiger partial charge in [0, 0.05) is 38.4 Å². The molecule has 3 rings (SSSR count). The molecule has 1 aromatic heterocycles. The first-order chi connectivity index (χ1) is 15.4. The van der Waals surface area contributed by atoms with E-state index in [2.05, 4.69) is 49.8 Å². The lowest BCUT2D eigenvalue weighted by molar-refractivity contribution is -0.154. The van der Waals surface area contributed by atoms with Gasteiger partial charge in [0.25, 0.3) is 0 Å². The number of nitrogens with one attached hydrogen (secondary N) is 2. The maximum absolute atomic E-state index is 12.4. The fourth-order valence-corrected chi connectivity index (χ4v) is 3.56. The van der Waals surface area contributed by atoms with Crippen LogP contribution < -0.4 is 15.4 Å². The number of rotatable bonds is 8. The molecule has 0 radical (unpaired) electrons. The van der Waals surface area contributed by atoms with E-state index in [-0.39, 0.29) is 12.4 Å². The largest absolute Gasteiger partial charge is 0.468 e. The first-order valence-corrected chi connectivity index (χ1v) is 10.8. The summed E-state index contributed by atoms with van der Waals surface area (Å²) < 4.78 is 42.2. The highest BCUT2D eigenvalue weighted by Gasteiger charge is 2.29. The molecular formula is C23H30F3N5O. The number of hydrogen-bond donors (Lipinski definition) is 2. The molecule has 174 valence electrons. The third-order valence-corrected chi connectivity index (χ3v) is 5.23. The SMILES string of the molecule is CN=C(NCc1ccc(CN2CCCCC2)cc1)NCc1cccnc1OCC(F)(F)F. The second-order valence-electron chi connectivity index (χ2n) is 7.80. The van der Waals surface area contributed by atoms with E-state index in [1.54, 1.807) is 19.2 Å². The lowest BCUT2D eigenvalue weighted by atomic mass is 10.1. The van der Waals surface area contributed by atoms with Crippen LogP contribution in [0.5, 0.6) is 5.88 Å². The number of nitrogens with zero attached hydrogens (tertiary/aromatic N) is 3. The highest BCUT2D eigenvalue weighted by atomic mass is 19.4. The van der Waals surface area contributed by atoms with Crippen molar-refractivity contribution >= 4 is 5.96 Å². The summed E-state index contributed by atoms with van der Waals surface area (Å²) in [6.45, 7) is 2.76. The Morgan fingerprint density at radius 3 is 2.41 bits per heavy atom. The van der Waals surface area contributed by atoms with Gasteiger partial charge in [-0.3, -0.25) is 9.89 Å². The van der Waals surface area contributed by atoms with Gasteiger partial charge < -0.3 is 15.4 Å². The fraction of sp³-hybridized carbons (Fsp3) is 0.478. The van der Waals surface area contributed by atoms with Gasteiger partial charge in [-0.1, -0.05) is 36.8 Å². The molecule has 0 aliphatic carbocycles. The summed E-state index contributed by atoms with van der Waals surface area (Å²) in [5.74, 6) is 0.491. The van der Waals surface area contributed by atoms with Gasteiger partial charge in [0.15, 0.2) is 12.6 Å². The van der Waals surface area contributed by atoms with Gasteiger partial charge in [-0.15, -0.1) is 0 Å². The Morgan fingerprint density at radius 2 is 1.72 bits per heavy atom. The maximum Gasteiger partial charge on any atom is 0.422 e.